The molecule has 1 aromatic carbocycles. The summed E-state index contributed by atoms with van der Waals surface area (Å²) >= 11 is 0. The van der Waals surface area contributed by atoms with Crippen molar-refractivity contribution in [2.45, 2.75) is 32.9 Å². The molecule has 0 spiro atoms. The summed E-state index contributed by atoms with van der Waals surface area (Å²) in [5, 5.41) is 11.0. The number of H-pyrrole nitrogens is 1. The molecule has 2 heterocycles. The highest BCUT2D eigenvalue weighted by molar-refractivity contribution is 5.60. The summed E-state index contributed by atoms with van der Waals surface area (Å²) in [6, 6.07) is 9.14. The molecule has 106 valence electrons. The van der Waals surface area contributed by atoms with Crippen LogP contribution in [0.3, 0.4) is 0 Å². The predicted octanol–water partition coefficient (Wildman–Crippen LogP) is 1.97. The number of hydrogen-bond donors (Lipinski definition) is 2. The average molecular weight is 271 g/mol. The van der Waals surface area contributed by atoms with Crippen molar-refractivity contribution >= 4 is 5.95 Å². The van der Waals surface area contributed by atoms with Crippen molar-refractivity contribution in [3.8, 4) is 11.4 Å². The fraction of sp³-hybridized carbons (Fsp3) is 0.467. The van der Waals surface area contributed by atoms with Crippen LogP contribution in [0.2, 0.25) is 0 Å². The first-order valence-corrected chi connectivity index (χ1v) is 7.13. The maximum atomic E-state index is 4.67. The Labute approximate surface area is 119 Å². The Kier molecular flexibility index (Phi) is 3.44. The average Bonchev–Trinajstić information content (AvgIpc) is 2.87. The maximum Gasteiger partial charge on any atom is 0.245 e. The van der Waals surface area contributed by atoms with Gasteiger partial charge in [-0.1, -0.05) is 24.3 Å². The molecule has 0 saturated carbocycles. The van der Waals surface area contributed by atoms with Gasteiger partial charge in [-0.2, -0.15) is 4.98 Å². The van der Waals surface area contributed by atoms with Crippen LogP contribution in [0.25, 0.3) is 11.4 Å². The zero-order valence-electron chi connectivity index (χ0n) is 12.2. The molecule has 2 atom stereocenters. The van der Waals surface area contributed by atoms with Crippen molar-refractivity contribution in [3.05, 3.63) is 29.8 Å². The summed E-state index contributed by atoms with van der Waals surface area (Å²) in [6.45, 7) is 8.35. The Bertz CT molecular complexity index is 581. The lowest BCUT2D eigenvalue weighted by Gasteiger charge is -2.35. The van der Waals surface area contributed by atoms with E-state index in [0.29, 0.717) is 12.1 Å². The number of nitrogens with zero attached hydrogens (tertiary/aromatic N) is 3. The van der Waals surface area contributed by atoms with Crippen LogP contribution < -0.4 is 10.2 Å². The number of aromatic amines is 1. The Balaban J connectivity index is 1.85. The first kappa shape index (κ1) is 13.1. The van der Waals surface area contributed by atoms with E-state index in [-0.39, 0.29) is 0 Å². The third-order valence-corrected chi connectivity index (χ3v) is 3.71. The lowest BCUT2D eigenvalue weighted by atomic mass is 10.1. The van der Waals surface area contributed by atoms with Gasteiger partial charge in [-0.15, -0.1) is 5.10 Å². The molecule has 0 amide bonds. The second-order valence-corrected chi connectivity index (χ2v) is 5.67. The van der Waals surface area contributed by atoms with Crippen molar-refractivity contribution in [1.82, 2.24) is 20.5 Å². The first-order chi connectivity index (χ1) is 9.63. The Morgan fingerprint density at radius 3 is 2.55 bits per heavy atom. The Hall–Kier alpha value is -1.88. The summed E-state index contributed by atoms with van der Waals surface area (Å²) in [5.74, 6) is 1.64. The van der Waals surface area contributed by atoms with Gasteiger partial charge in [0.25, 0.3) is 0 Å². The molecule has 3 rings (SSSR count). The quantitative estimate of drug-likeness (QED) is 0.877. The third-order valence-electron chi connectivity index (χ3n) is 3.71. The summed E-state index contributed by atoms with van der Waals surface area (Å²) < 4.78 is 0. The number of aryl methyl sites for hydroxylation is 1. The molecular weight excluding hydrogens is 250 g/mol. The number of nitrogens with one attached hydrogen (secondary N) is 2. The SMILES string of the molecule is Cc1ccccc1-c1nc(N2CC(C)NC(C)C2)n[nH]1. The highest BCUT2D eigenvalue weighted by atomic mass is 15.4. The monoisotopic (exact) mass is 271 g/mol. The van der Waals surface area contributed by atoms with E-state index in [4.69, 9.17) is 0 Å². The first-order valence-electron chi connectivity index (χ1n) is 7.13. The molecule has 0 bridgehead atoms. The summed E-state index contributed by atoms with van der Waals surface area (Å²) in [7, 11) is 0. The zero-order valence-corrected chi connectivity index (χ0v) is 12.2. The van der Waals surface area contributed by atoms with Crippen LogP contribution in [0.4, 0.5) is 5.95 Å². The van der Waals surface area contributed by atoms with Crippen LogP contribution in [0.5, 0.6) is 0 Å². The molecule has 2 unspecified atom stereocenters. The number of anilines is 1. The van der Waals surface area contributed by atoms with Crippen molar-refractivity contribution in [3.63, 3.8) is 0 Å². The highest BCUT2D eigenvalue weighted by Gasteiger charge is 2.23. The topological polar surface area (TPSA) is 56.8 Å². The van der Waals surface area contributed by atoms with Crippen LogP contribution in [0.15, 0.2) is 24.3 Å². The molecule has 20 heavy (non-hydrogen) atoms. The predicted molar refractivity (Wildman–Crippen MR) is 80.8 cm³/mol. The van der Waals surface area contributed by atoms with E-state index in [1.165, 1.54) is 5.56 Å². The van der Waals surface area contributed by atoms with E-state index in [1.807, 2.05) is 12.1 Å². The van der Waals surface area contributed by atoms with Gasteiger partial charge in [0.15, 0.2) is 5.82 Å². The number of rotatable bonds is 2. The molecule has 2 N–H and O–H groups in total. The number of aromatic nitrogens is 3. The second kappa shape index (κ2) is 5.25. The minimum atomic E-state index is 0.458. The normalized spacial score (nSPS) is 23.1. The molecular formula is C15H21N5. The van der Waals surface area contributed by atoms with Gasteiger partial charge >= 0.3 is 0 Å². The van der Waals surface area contributed by atoms with Gasteiger partial charge in [-0.25, -0.2) is 0 Å². The molecule has 1 fully saturated rings. The maximum absolute atomic E-state index is 4.67. The van der Waals surface area contributed by atoms with Crippen molar-refractivity contribution in [2.75, 3.05) is 18.0 Å². The molecule has 5 heteroatoms. The van der Waals surface area contributed by atoms with E-state index in [9.17, 15) is 0 Å². The van der Waals surface area contributed by atoms with Crippen LogP contribution >= 0.6 is 0 Å². The zero-order chi connectivity index (χ0) is 14.1. The number of piperazine rings is 1. The lowest BCUT2D eigenvalue weighted by molar-refractivity contribution is 0.403. The van der Waals surface area contributed by atoms with Gasteiger partial charge in [0.1, 0.15) is 0 Å². The largest absolute Gasteiger partial charge is 0.336 e. The van der Waals surface area contributed by atoms with Crippen molar-refractivity contribution in [2.24, 2.45) is 0 Å². The van der Waals surface area contributed by atoms with Gasteiger partial charge in [0.2, 0.25) is 5.95 Å². The van der Waals surface area contributed by atoms with E-state index in [1.54, 1.807) is 0 Å². The molecule has 1 aliphatic heterocycles. The smallest absolute Gasteiger partial charge is 0.245 e. The van der Waals surface area contributed by atoms with E-state index in [0.717, 1.165) is 30.4 Å². The summed E-state index contributed by atoms with van der Waals surface area (Å²) in [6.07, 6.45) is 0. The standard InChI is InChI=1S/C15H21N5/c1-10-6-4-5-7-13(10)14-17-15(19-18-14)20-8-11(2)16-12(3)9-20/h4-7,11-12,16H,8-9H2,1-3H3,(H,17,18,19). The fourth-order valence-electron chi connectivity index (χ4n) is 2.84. The molecule has 1 aromatic heterocycles. The summed E-state index contributed by atoms with van der Waals surface area (Å²) in [5.41, 5.74) is 2.32. The van der Waals surface area contributed by atoms with E-state index < -0.39 is 0 Å². The third kappa shape index (κ3) is 2.54. The molecule has 1 aliphatic rings. The van der Waals surface area contributed by atoms with Crippen LogP contribution in [0.1, 0.15) is 19.4 Å². The fourth-order valence-corrected chi connectivity index (χ4v) is 2.84. The molecule has 0 aliphatic carbocycles. The van der Waals surface area contributed by atoms with Crippen molar-refractivity contribution < 1.29 is 0 Å². The molecule has 1 saturated heterocycles. The lowest BCUT2D eigenvalue weighted by Crippen LogP contribution is -2.54. The number of hydrogen-bond acceptors (Lipinski definition) is 4. The minimum Gasteiger partial charge on any atom is -0.336 e. The molecule has 2 aromatic rings. The molecule has 0 radical (unpaired) electrons. The minimum absolute atomic E-state index is 0.458. The van der Waals surface area contributed by atoms with Gasteiger partial charge in [0, 0.05) is 30.7 Å². The van der Waals surface area contributed by atoms with Crippen LogP contribution in [-0.2, 0) is 0 Å². The summed E-state index contributed by atoms with van der Waals surface area (Å²) in [4.78, 5) is 6.91. The second-order valence-electron chi connectivity index (χ2n) is 5.67. The number of benzene rings is 1. The highest BCUT2D eigenvalue weighted by Crippen LogP contribution is 2.22. The Morgan fingerprint density at radius 1 is 1.15 bits per heavy atom. The molecule has 5 nitrogen and oxygen atoms in total. The van der Waals surface area contributed by atoms with Crippen LogP contribution in [0, 0.1) is 6.92 Å². The van der Waals surface area contributed by atoms with Crippen LogP contribution in [-0.4, -0.2) is 40.4 Å². The van der Waals surface area contributed by atoms with E-state index >= 15 is 0 Å². The van der Waals surface area contributed by atoms with Crippen molar-refractivity contribution in [1.29, 1.82) is 0 Å². The van der Waals surface area contributed by atoms with E-state index in [2.05, 4.69) is 58.3 Å². The van der Waals surface area contributed by atoms with Gasteiger partial charge < -0.3 is 10.2 Å². The van der Waals surface area contributed by atoms with Gasteiger partial charge in [-0.3, -0.25) is 5.10 Å². The van der Waals surface area contributed by atoms with Gasteiger partial charge in [-0.05, 0) is 26.3 Å². The Morgan fingerprint density at radius 2 is 1.85 bits per heavy atom. The van der Waals surface area contributed by atoms with Gasteiger partial charge in [0.05, 0.1) is 0 Å².